The topological polar surface area (TPSA) is 52.1 Å². The molecule has 4 heteroatoms. The van der Waals surface area contributed by atoms with E-state index in [4.69, 9.17) is 8.83 Å². The van der Waals surface area contributed by atoms with Crippen LogP contribution in [0.1, 0.15) is 0 Å². The van der Waals surface area contributed by atoms with Crippen LogP contribution in [0.2, 0.25) is 0 Å². The molecule has 0 aliphatic carbocycles. The maximum Gasteiger partial charge on any atom is 0.146 e. The molecule has 0 unspecified atom stereocenters. The zero-order valence-electron chi connectivity index (χ0n) is 26.9. The third-order valence-electron chi connectivity index (χ3n) is 9.71. The Bertz CT molecular complexity index is 2630. The molecule has 6 aromatic carbocycles. The number of rotatable bonds is 5. The Balaban J connectivity index is 0.988. The minimum atomic E-state index is 0.847. The fourth-order valence-corrected chi connectivity index (χ4v) is 7.21. The molecule has 0 bridgehead atoms. The molecule has 0 amide bonds. The Labute approximate surface area is 287 Å². The number of aromatic nitrogens is 2. The maximum absolute atomic E-state index is 6.62. The van der Waals surface area contributed by atoms with Crippen LogP contribution >= 0.6 is 0 Å². The Hall–Kier alpha value is -6.78. The zero-order chi connectivity index (χ0) is 33.0. The fraction of sp³-hybridized carbons (Fsp3) is 0. The highest BCUT2D eigenvalue weighted by Gasteiger charge is 2.18. The van der Waals surface area contributed by atoms with Crippen molar-refractivity contribution in [3.8, 4) is 55.6 Å². The zero-order valence-corrected chi connectivity index (χ0v) is 26.9. The second-order valence-electron chi connectivity index (χ2n) is 12.6. The van der Waals surface area contributed by atoms with Gasteiger partial charge in [-0.1, -0.05) is 146 Å². The van der Waals surface area contributed by atoms with Gasteiger partial charge in [0.2, 0.25) is 0 Å². The molecule has 0 aliphatic heterocycles. The molecule has 0 spiro atoms. The first-order valence-electron chi connectivity index (χ1n) is 16.7. The molecule has 4 nitrogen and oxygen atoms in total. The molecule has 10 rings (SSSR count). The monoisotopic (exact) mass is 640 g/mol. The van der Waals surface area contributed by atoms with E-state index < -0.39 is 0 Å². The Morgan fingerprint density at radius 3 is 1.04 bits per heavy atom. The summed E-state index contributed by atoms with van der Waals surface area (Å²) in [6.45, 7) is 0. The third-order valence-corrected chi connectivity index (χ3v) is 9.71. The molecule has 0 radical (unpaired) electrons. The number of hydrogen-bond donors (Lipinski definition) is 0. The minimum Gasteiger partial charge on any atom is -0.455 e. The van der Waals surface area contributed by atoms with Crippen molar-refractivity contribution in [1.82, 2.24) is 9.97 Å². The Morgan fingerprint density at radius 2 is 0.620 bits per heavy atom. The van der Waals surface area contributed by atoms with Gasteiger partial charge in [0.05, 0.1) is 0 Å². The van der Waals surface area contributed by atoms with Crippen LogP contribution in [0.25, 0.3) is 99.5 Å². The smallest absolute Gasteiger partial charge is 0.146 e. The summed E-state index contributed by atoms with van der Waals surface area (Å²) < 4.78 is 13.2. The third kappa shape index (κ3) is 4.54. The summed E-state index contributed by atoms with van der Waals surface area (Å²) in [5, 5.41) is 4.16. The van der Waals surface area contributed by atoms with Crippen molar-refractivity contribution in [3.05, 3.63) is 170 Å². The lowest BCUT2D eigenvalue weighted by molar-refractivity contribution is 0.670. The second kappa shape index (κ2) is 11.4. The first-order valence-corrected chi connectivity index (χ1v) is 16.7. The van der Waals surface area contributed by atoms with E-state index in [1.165, 1.54) is 0 Å². The van der Waals surface area contributed by atoms with Crippen molar-refractivity contribution in [2.45, 2.75) is 0 Å². The van der Waals surface area contributed by atoms with Gasteiger partial charge >= 0.3 is 0 Å². The number of pyridine rings is 2. The van der Waals surface area contributed by atoms with Crippen molar-refractivity contribution < 1.29 is 8.83 Å². The van der Waals surface area contributed by atoms with Gasteiger partial charge in [0.1, 0.15) is 22.3 Å². The Morgan fingerprint density at radius 1 is 0.260 bits per heavy atom. The van der Waals surface area contributed by atoms with Crippen LogP contribution in [-0.4, -0.2) is 9.97 Å². The van der Waals surface area contributed by atoms with Crippen molar-refractivity contribution in [2.24, 2.45) is 0 Å². The first-order chi connectivity index (χ1) is 24.8. The highest BCUT2D eigenvalue weighted by Crippen LogP contribution is 2.41. The van der Waals surface area contributed by atoms with Crippen LogP contribution in [0.3, 0.4) is 0 Å². The lowest BCUT2D eigenvalue weighted by Gasteiger charge is -2.07. The van der Waals surface area contributed by atoms with Gasteiger partial charge in [-0.15, -0.1) is 0 Å². The normalized spacial score (nSPS) is 11.6. The molecule has 50 heavy (non-hydrogen) atoms. The molecule has 0 saturated heterocycles. The average molecular weight is 641 g/mol. The van der Waals surface area contributed by atoms with E-state index >= 15 is 0 Å². The predicted molar refractivity (Wildman–Crippen MR) is 204 cm³/mol. The summed E-state index contributed by atoms with van der Waals surface area (Å²) >= 11 is 0. The van der Waals surface area contributed by atoms with Gasteiger partial charge in [-0.25, -0.2) is 0 Å². The van der Waals surface area contributed by atoms with Gasteiger partial charge in [-0.3, -0.25) is 9.97 Å². The van der Waals surface area contributed by atoms with Gasteiger partial charge in [0.15, 0.2) is 0 Å². The van der Waals surface area contributed by atoms with Crippen LogP contribution in [0.15, 0.2) is 179 Å². The minimum absolute atomic E-state index is 0.847. The molecule has 0 fully saturated rings. The molecule has 0 N–H and O–H groups in total. The molecule has 234 valence electrons. The van der Waals surface area contributed by atoms with E-state index in [0.29, 0.717) is 0 Å². The predicted octanol–water partition coefficient (Wildman–Crippen LogP) is 12.6. The van der Waals surface area contributed by atoms with E-state index in [1.54, 1.807) is 0 Å². The van der Waals surface area contributed by atoms with E-state index in [9.17, 15) is 0 Å². The van der Waals surface area contributed by atoms with E-state index in [0.717, 1.165) is 99.5 Å². The molecule has 10 aromatic rings. The van der Waals surface area contributed by atoms with Crippen LogP contribution in [-0.2, 0) is 0 Å². The molecule has 0 aliphatic rings. The summed E-state index contributed by atoms with van der Waals surface area (Å²) in [6.07, 6.45) is 7.59. The van der Waals surface area contributed by atoms with Crippen LogP contribution in [0, 0.1) is 0 Å². The van der Waals surface area contributed by atoms with Crippen molar-refractivity contribution >= 4 is 43.9 Å². The van der Waals surface area contributed by atoms with E-state index in [2.05, 4.69) is 143 Å². The molecule has 0 atom stereocenters. The highest BCUT2D eigenvalue weighted by molar-refractivity contribution is 6.13. The summed E-state index contributed by atoms with van der Waals surface area (Å²) in [4.78, 5) is 9.23. The van der Waals surface area contributed by atoms with Crippen LogP contribution in [0.4, 0.5) is 0 Å². The number of fused-ring (bicyclic) bond motifs is 6. The van der Waals surface area contributed by atoms with E-state index in [1.807, 2.05) is 36.9 Å². The standard InChI is InChI=1S/C46H28N2O2/c1-3-9-31(10-4-1)35-13-7-15-37-41-27-47-25-39(45(41)49-43(35)37)33-21-17-29(18-22-33)30-19-23-34(24-20-30)40-26-48-28-42-38-16-8-14-36(44(38)50-46(40)42)32-11-5-2-6-12-32/h1-28H. The van der Waals surface area contributed by atoms with E-state index in [-0.39, 0.29) is 0 Å². The lowest BCUT2D eigenvalue weighted by atomic mass is 9.98. The van der Waals surface area contributed by atoms with Gasteiger partial charge in [-0.05, 0) is 33.4 Å². The SMILES string of the molecule is c1ccc(-c2cccc3c2oc2c(-c4ccc(-c5ccc(-c6cncc7c6oc6c(-c8ccccc8)cccc67)cc5)cc4)cncc23)cc1. The number of hydrogen-bond acceptors (Lipinski definition) is 4. The number of para-hydroxylation sites is 2. The van der Waals surface area contributed by atoms with Crippen LogP contribution in [0.5, 0.6) is 0 Å². The van der Waals surface area contributed by atoms with Crippen molar-refractivity contribution in [1.29, 1.82) is 0 Å². The molecule has 4 heterocycles. The molecular weight excluding hydrogens is 613 g/mol. The van der Waals surface area contributed by atoms with Gasteiger partial charge in [0, 0.05) is 68.6 Å². The summed E-state index contributed by atoms with van der Waals surface area (Å²) in [5.41, 5.74) is 14.2. The number of benzene rings is 6. The van der Waals surface area contributed by atoms with Crippen LogP contribution < -0.4 is 0 Å². The summed E-state index contributed by atoms with van der Waals surface area (Å²) in [6, 6.07) is 50.6. The van der Waals surface area contributed by atoms with Crippen molar-refractivity contribution in [3.63, 3.8) is 0 Å². The largest absolute Gasteiger partial charge is 0.455 e. The lowest BCUT2D eigenvalue weighted by Crippen LogP contribution is -1.84. The summed E-state index contributed by atoms with van der Waals surface area (Å²) in [5.74, 6) is 0. The molecule has 4 aromatic heterocycles. The number of furan rings is 2. The second-order valence-corrected chi connectivity index (χ2v) is 12.6. The van der Waals surface area contributed by atoms with Gasteiger partial charge in [-0.2, -0.15) is 0 Å². The maximum atomic E-state index is 6.62. The number of nitrogens with zero attached hydrogens (tertiary/aromatic N) is 2. The van der Waals surface area contributed by atoms with Gasteiger partial charge < -0.3 is 8.83 Å². The molecular formula is C46H28N2O2. The quantitative estimate of drug-likeness (QED) is 0.188. The van der Waals surface area contributed by atoms with Crippen molar-refractivity contribution in [2.75, 3.05) is 0 Å². The first kappa shape index (κ1) is 28.3. The molecule has 0 saturated carbocycles. The average Bonchev–Trinajstić information content (AvgIpc) is 3.78. The highest BCUT2D eigenvalue weighted by atomic mass is 16.3. The van der Waals surface area contributed by atoms with Gasteiger partial charge in [0.25, 0.3) is 0 Å². The Kier molecular flexibility index (Phi) is 6.46. The fourth-order valence-electron chi connectivity index (χ4n) is 7.21. The summed E-state index contributed by atoms with van der Waals surface area (Å²) in [7, 11) is 0.